The molecule has 206 valence electrons. The Hall–Kier alpha value is -2.74. The molecule has 1 saturated carbocycles. The molecule has 1 aromatic heterocycles. The number of hydrogen-bond acceptors (Lipinski definition) is 6. The number of oxime groups is 1. The predicted molar refractivity (Wildman–Crippen MR) is 149 cm³/mol. The Morgan fingerprint density at radius 1 is 0.974 bits per heavy atom. The Balaban J connectivity index is 1.47. The van der Waals surface area contributed by atoms with Gasteiger partial charge in [0.25, 0.3) is 5.56 Å². The van der Waals surface area contributed by atoms with Gasteiger partial charge in [0.05, 0.1) is 11.0 Å². The van der Waals surface area contributed by atoms with Gasteiger partial charge in [-0.2, -0.15) is 0 Å². The van der Waals surface area contributed by atoms with Crippen molar-refractivity contribution >= 4 is 22.7 Å². The summed E-state index contributed by atoms with van der Waals surface area (Å²) >= 11 is 0. The zero-order chi connectivity index (χ0) is 26.6. The number of hydrogen-bond donors (Lipinski definition) is 1. The number of carbonyl (C=O) groups is 1. The minimum atomic E-state index is -1.11. The van der Waals surface area contributed by atoms with Crippen LogP contribution in [0.4, 0.5) is 0 Å². The fourth-order valence-corrected chi connectivity index (χ4v) is 7.37. The van der Waals surface area contributed by atoms with E-state index in [-0.39, 0.29) is 17.3 Å². The second-order valence-corrected chi connectivity index (χ2v) is 11.8. The van der Waals surface area contributed by atoms with Crippen LogP contribution in [-0.4, -0.2) is 56.0 Å². The summed E-state index contributed by atoms with van der Waals surface area (Å²) in [6, 6.07) is 9.56. The summed E-state index contributed by atoms with van der Waals surface area (Å²) in [6.07, 6.45) is 15.0. The third-order valence-corrected chi connectivity index (χ3v) is 8.98. The lowest BCUT2D eigenvalue weighted by atomic mass is 9.78. The van der Waals surface area contributed by atoms with Crippen molar-refractivity contribution in [2.45, 2.75) is 115 Å². The van der Waals surface area contributed by atoms with Crippen molar-refractivity contribution in [2.24, 2.45) is 11.1 Å². The number of carboxylic acid groups (broad SMARTS) is 1. The van der Waals surface area contributed by atoms with E-state index in [0.29, 0.717) is 23.8 Å². The van der Waals surface area contributed by atoms with Crippen molar-refractivity contribution in [3.63, 3.8) is 0 Å². The van der Waals surface area contributed by atoms with E-state index in [9.17, 15) is 9.59 Å². The van der Waals surface area contributed by atoms with Crippen molar-refractivity contribution in [3.8, 4) is 0 Å². The summed E-state index contributed by atoms with van der Waals surface area (Å²) in [7, 11) is 0. The molecule has 0 radical (unpaired) electrons. The van der Waals surface area contributed by atoms with Gasteiger partial charge in [0, 0.05) is 24.2 Å². The second-order valence-electron chi connectivity index (χ2n) is 11.8. The van der Waals surface area contributed by atoms with Gasteiger partial charge in [-0.25, -0.2) is 9.78 Å². The fourth-order valence-electron chi connectivity index (χ4n) is 7.37. The Morgan fingerprint density at radius 2 is 1.63 bits per heavy atom. The molecule has 3 aliphatic rings. The Kier molecular flexibility index (Phi) is 8.46. The van der Waals surface area contributed by atoms with Gasteiger partial charge in [-0.3, -0.25) is 9.69 Å². The highest BCUT2D eigenvalue weighted by molar-refractivity contribution is 5.97. The molecule has 2 aliphatic heterocycles. The number of nitrogens with zero attached hydrogens (tertiary/aromatic N) is 4. The minimum absolute atomic E-state index is 0.0993. The number of benzene rings is 1. The van der Waals surface area contributed by atoms with Crippen molar-refractivity contribution in [2.75, 3.05) is 6.61 Å². The third-order valence-electron chi connectivity index (χ3n) is 8.98. The molecule has 3 fully saturated rings. The lowest BCUT2D eigenvalue weighted by Crippen LogP contribution is -2.57. The van der Waals surface area contributed by atoms with Gasteiger partial charge in [0.15, 0.2) is 5.69 Å². The van der Waals surface area contributed by atoms with Crippen LogP contribution in [0.3, 0.4) is 0 Å². The van der Waals surface area contributed by atoms with Crippen LogP contribution in [0.25, 0.3) is 11.0 Å². The molecular weight excluding hydrogens is 480 g/mol. The summed E-state index contributed by atoms with van der Waals surface area (Å²) in [4.78, 5) is 37.2. The molecule has 0 amide bonds. The molecule has 1 aliphatic carbocycles. The molecule has 5 atom stereocenters. The topological polar surface area (TPSA) is 97.0 Å². The van der Waals surface area contributed by atoms with Crippen molar-refractivity contribution in [1.82, 2.24) is 14.5 Å². The van der Waals surface area contributed by atoms with E-state index < -0.39 is 12.6 Å². The highest BCUT2D eigenvalue weighted by Crippen LogP contribution is 2.43. The first kappa shape index (κ1) is 26.9. The van der Waals surface area contributed by atoms with Crippen LogP contribution >= 0.6 is 0 Å². The maximum atomic E-state index is 13.9. The lowest BCUT2D eigenvalue weighted by molar-refractivity contribution is -0.142. The molecule has 1 aromatic carbocycles. The summed E-state index contributed by atoms with van der Waals surface area (Å²) in [5.74, 6) is -0.338. The molecule has 2 aromatic rings. The molecule has 8 heteroatoms. The van der Waals surface area contributed by atoms with Gasteiger partial charge in [-0.1, -0.05) is 62.7 Å². The van der Waals surface area contributed by atoms with E-state index in [2.05, 4.69) is 22.0 Å². The number of aromatic nitrogens is 2. The van der Waals surface area contributed by atoms with Crippen LogP contribution in [0.2, 0.25) is 0 Å². The zero-order valence-electron chi connectivity index (χ0n) is 22.8. The molecule has 1 unspecified atom stereocenters. The number of para-hydroxylation sites is 2. The van der Waals surface area contributed by atoms with Crippen LogP contribution in [0.5, 0.6) is 0 Å². The van der Waals surface area contributed by atoms with E-state index in [4.69, 9.17) is 9.94 Å². The third kappa shape index (κ3) is 5.80. The maximum Gasteiger partial charge on any atom is 0.344 e. The van der Waals surface area contributed by atoms with Crippen LogP contribution in [0, 0.1) is 5.92 Å². The quantitative estimate of drug-likeness (QED) is 0.396. The van der Waals surface area contributed by atoms with Crippen LogP contribution in [-0.2, 0) is 9.63 Å². The van der Waals surface area contributed by atoms with Crippen LogP contribution in [0.15, 0.2) is 34.2 Å². The second kappa shape index (κ2) is 12.0. The van der Waals surface area contributed by atoms with E-state index in [1.165, 1.54) is 64.2 Å². The molecule has 2 saturated heterocycles. The minimum Gasteiger partial charge on any atom is -0.479 e. The predicted octanol–water partition coefficient (Wildman–Crippen LogP) is 5.53. The largest absolute Gasteiger partial charge is 0.479 e. The smallest absolute Gasteiger partial charge is 0.344 e. The number of piperidine rings is 2. The first-order valence-corrected chi connectivity index (χ1v) is 14.6. The molecular formula is C30H42N4O4. The van der Waals surface area contributed by atoms with Crippen molar-refractivity contribution in [3.05, 3.63) is 40.3 Å². The Labute approximate surface area is 225 Å². The summed E-state index contributed by atoms with van der Waals surface area (Å²) in [6.45, 7) is 3.54. The van der Waals surface area contributed by atoms with E-state index >= 15 is 0 Å². The fraction of sp³-hybridized carbons (Fsp3) is 0.667. The normalized spacial score (nSPS) is 29.3. The van der Waals surface area contributed by atoms with E-state index in [0.717, 1.165) is 29.8 Å². The SMILES string of the molecule is C/C(=N\OCC(=O)O)c1nc2ccccc2n(C2C[C@H]3CCC[C@@H](C2)N3[C@@H]2CCCCCC[C@@H](C)C2)c1=O. The molecule has 2 bridgehead atoms. The number of rotatable bonds is 6. The van der Waals surface area contributed by atoms with Crippen molar-refractivity contribution < 1.29 is 14.7 Å². The van der Waals surface area contributed by atoms with E-state index in [1.807, 2.05) is 28.8 Å². The summed E-state index contributed by atoms with van der Waals surface area (Å²) < 4.78 is 1.96. The first-order valence-electron chi connectivity index (χ1n) is 14.6. The van der Waals surface area contributed by atoms with Gasteiger partial charge in [0.1, 0.15) is 5.71 Å². The summed E-state index contributed by atoms with van der Waals surface area (Å²) in [5.41, 5.74) is 1.96. The lowest BCUT2D eigenvalue weighted by Gasteiger charge is -2.53. The first-order chi connectivity index (χ1) is 18.4. The molecule has 0 spiro atoms. The average molecular weight is 523 g/mol. The summed E-state index contributed by atoms with van der Waals surface area (Å²) in [5, 5.41) is 12.8. The average Bonchev–Trinajstić information content (AvgIpc) is 2.99. The number of fused-ring (bicyclic) bond motifs is 3. The highest BCUT2D eigenvalue weighted by atomic mass is 16.6. The van der Waals surface area contributed by atoms with Crippen molar-refractivity contribution in [1.29, 1.82) is 0 Å². The maximum absolute atomic E-state index is 13.9. The standard InChI is InChI=1S/C30H42N4O4/c1-20-10-5-3-4-6-11-22(16-20)33-23-12-9-13-24(33)18-25(17-23)34-27-15-8-7-14-26(27)31-29(30(34)37)21(2)32-38-19-28(35)36/h7-8,14-15,20,22-25H,3-6,9-13,16-19H2,1-2H3,(H,35,36)/b32-21+/t20-,22-,23-,24+,25?/m1/s1. The molecule has 38 heavy (non-hydrogen) atoms. The Bertz CT molecular complexity index is 1210. The molecule has 5 rings (SSSR count). The van der Waals surface area contributed by atoms with Gasteiger partial charge in [-0.05, 0) is 63.5 Å². The van der Waals surface area contributed by atoms with Gasteiger partial charge >= 0.3 is 5.97 Å². The molecule has 8 nitrogen and oxygen atoms in total. The Morgan fingerprint density at radius 3 is 2.37 bits per heavy atom. The van der Waals surface area contributed by atoms with Gasteiger partial charge in [-0.15, -0.1) is 0 Å². The molecule has 3 heterocycles. The number of aliphatic carboxylic acids is 1. The number of carboxylic acids is 1. The van der Waals surface area contributed by atoms with Gasteiger partial charge in [0.2, 0.25) is 6.61 Å². The van der Waals surface area contributed by atoms with Gasteiger partial charge < -0.3 is 14.5 Å². The van der Waals surface area contributed by atoms with E-state index in [1.54, 1.807) is 6.92 Å². The monoisotopic (exact) mass is 522 g/mol. The van der Waals surface area contributed by atoms with Crippen LogP contribution < -0.4 is 5.56 Å². The highest BCUT2D eigenvalue weighted by Gasteiger charge is 2.43. The molecule has 1 N–H and O–H groups in total. The van der Waals surface area contributed by atoms with Crippen LogP contribution in [0.1, 0.15) is 103 Å². The zero-order valence-corrected chi connectivity index (χ0v) is 22.8.